The zero-order valence-corrected chi connectivity index (χ0v) is 7.65. The van der Waals surface area contributed by atoms with Crippen LogP contribution >= 0.6 is 0 Å². The maximum atomic E-state index is 11.3. The summed E-state index contributed by atoms with van der Waals surface area (Å²) in [5, 5.41) is 9.78. The zero-order valence-electron chi connectivity index (χ0n) is 7.65. The summed E-state index contributed by atoms with van der Waals surface area (Å²) in [4.78, 5) is 24.7. The standard InChI is InChI=1S/C10H8N2O3/c11-9(14)7-4-5-3-6(13)1-2-8(5)12-10(7)15/h1-4,13H,(H2,11,14)(H,12,15). The molecule has 0 unspecified atom stereocenters. The minimum atomic E-state index is -0.790. The molecule has 0 aliphatic rings. The average molecular weight is 204 g/mol. The first-order valence-corrected chi connectivity index (χ1v) is 4.24. The largest absolute Gasteiger partial charge is 0.508 e. The summed E-state index contributed by atoms with van der Waals surface area (Å²) in [6.07, 6.45) is 0. The highest BCUT2D eigenvalue weighted by molar-refractivity contribution is 5.96. The molecule has 1 amide bonds. The van der Waals surface area contributed by atoms with E-state index in [0.29, 0.717) is 10.9 Å². The number of amides is 1. The predicted octanol–water partition coefficient (Wildman–Crippen LogP) is 0.333. The van der Waals surface area contributed by atoms with E-state index in [1.165, 1.54) is 18.2 Å². The Kier molecular flexibility index (Phi) is 1.93. The molecule has 4 N–H and O–H groups in total. The number of pyridine rings is 1. The lowest BCUT2D eigenvalue weighted by atomic mass is 10.1. The molecule has 0 bridgehead atoms. The van der Waals surface area contributed by atoms with E-state index in [1.54, 1.807) is 6.07 Å². The number of nitrogens with two attached hydrogens (primary N) is 1. The molecular formula is C10H8N2O3. The first kappa shape index (κ1) is 9.26. The average Bonchev–Trinajstić information content (AvgIpc) is 2.17. The Morgan fingerprint density at radius 2 is 2.07 bits per heavy atom. The normalized spacial score (nSPS) is 10.4. The van der Waals surface area contributed by atoms with Gasteiger partial charge in [-0.15, -0.1) is 0 Å². The fraction of sp³-hybridized carbons (Fsp3) is 0. The molecule has 1 aromatic heterocycles. The van der Waals surface area contributed by atoms with Crippen molar-refractivity contribution in [2.24, 2.45) is 5.73 Å². The Balaban J connectivity index is 2.83. The van der Waals surface area contributed by atoms with Crippen LogP contribution in [0.3, 0.4) is 0 Å². The number of aromatic hydroxyl groups is 1. The molecule has 1 heterocycles. The lowest BCUT2D eigenvalue weighted by Gasteiger charge is -2.00. The van der Waals surface area contributed by atoms with Crippen LogP contribution < -0.4 is 11.3 Å². The molecule has 0 aliphatic carbocycles. The molecule has 0 saturated heterocycles. The molecule has 0 saturated carbocycles. The second-order valence-corrected chi connectivity index (χ2v) is 3.15. The number of carbonyl (C=O) groups is 1. The molecule has 0 spiro atoms. The van der Waals surface area contributed by atoms with Gasteiger partial charge in [-0.25, -0.2) is 0 Å². The number of phenolic OH excluding ortho intramolecular Hbond substituents is 1. The van der Waals surface area contributed by atoms with Crippen LogP contribution in [0.5, 0.6) is 5.75 Å². The number of primary amides is 1. The summed E-state index contributed by atoms with van der Waals surface area (Å²) < 4.78 is 0. The Hall–Kier alpha value is -2.30. The van der Waals surface area contributed by atoms with Crippen molar-refractivity contribution >= 4 is 16.8 Å². The maximum Gasteiger partial charge on any atom is 0.261 e. The Morgan fingerprint density at radius 1 is 1.33 bits per heavy atom. The van der Waals surface area contributed by atoms with Gasteiger partial charge in [-0.2, -0.15) is 0 Å². The Morgan fingerprint density at radius 3 is 2.73 bits per heavy atom. The van der Waals surface area contributed by atoms with Crippen molar-refractivity contribution in [3.8, 4) is 5.75 Å². The molecule has 76 valence electrons. The van der Waals surface area contributed by atoms with Gasteiger partial charge in [0.25, 0.3) is 11.5 Å². The summed E-state index contributed by atoms with van der Waals surface area (Å²) in [5.41, 5.74) is 4.92. The number of rotatable bonds is 1. The van der Waals surface area contributed by atoms with E-state index < -0.39 is 11.5 Å². The third-order valence-electron chi connectivity index (χ3n) is 2.09. The minimum Gasteiger partial charge on any atom is -0.508 e. The van der Waals surface area contributed by atoms with Crippen molar-refractivity contribution < 1.29 is 9.90 Å². The second kappa shape index (κ2) is 3.13. The molecule has 2 aromatic rings. The maximum absolute atomic E-state index is 11.3. The van der Waals surface area contributed by atoms with Crippen molar-refractivity contribution in [1.82, 2.24) is 4.98 Å². The first-order chi connectivity index (χ1) is 7.08. The van der Waals surface area contributed by atoms with Gasteiger partial charge < -0.3 is 15.8 Å². The topological polar surface area (TPSA) is 96.2 Å². The van der Waals surface area contributed by atoms with E-state index >= 15 is 0 Å². The van der Waals surface area contributed by atoms with Crippen molar-refractivity contribution in [3.05, 3.63) is 40.2 Å². The van der Waals surface area contributed by atoms with Gasteiger partial charge in [0.05, 0.1) is 0 Å². The Bertz CT molecular complexity index is 601. The van der Waals surface area contributed by atoms with Crippen LogP contribution in [0.2, 0.25) is 0 Å². The van der Waals surface area contributed by atoms with Gasteiger partial charge in [0.15, 0.2) is 0 Å². The van der Waals surface area contributed by atoms with E-state index in [9.17, 15) is 14.7 Å². The summed E-state index contributed by atoms with van der Waals surface area (Å²) >= 11 is 0. The van der Waals surface area contributed by atoms with Gasteiger partial charge >= 0.3 is 0 Å². The monoisotopic (exact) mass is 204 g/mol. The lowest BCUT2D eigenvalue weighted by molar-refractivity contribution is 0.0999. The van der Waals surface area contributed by atoms with Gasteiger partial charge in [-0.3, -0.25) is 9.59 Å². The number of aromatic nitrogens is 1. The number of phenols is 1. The van der Waals surface area contributed by atoms with Crippen LogP contribution in [0.1, 0.15) is 10.4 Å². The van der Waals surface area contributed by atoms with Crippen molar-refractivity contribution in [2.75, 3.05) is 0 Å². The van der Waals surface area contributed by atoms with Crippen LogP contribution in [0, 0.1) is 0 Å². The van der Waals surface area contributed by atoms with Crippen LogP contribution in [0.4, 0.5) is 0 Å². The molecule has 2 rings (SSSR count). The van der Waals surface area contributed by atoms with Crippen LogP contribution in [0.25, 0.3) is 10.9 Å². The van der Waals surface area contributed by atoms with Crippen molar-refractivity contribution in [3.63, 3.8) is 0 Å². The van der Waals surface area contributed by atoms with Gasteiger partial charge in [0.1, 0.15) is 11.3 Å². The van der Waals surface area contributed by atoms with Gasteiger partial charge in [0.2, 0.25) is 0 Å². The van der Waals surface area contributed by atoms with Crippen LogP contribution in [-0.4, -0.2) is 16.0 Å². The second-order valence-electron chi connectivity index (χ2n) is 3.15. The zero-order chi connectivity index (χ0) is 11.0. The van der Waals surface area contributed by atoms with Crippen molar-refractivity contribution in [2.45, 2.75) is 0 Å². The minimum absolute atomic E-state index is 0.0602. The fourth-order valence-corrected chi connectivity index (χ4v) is 1.38. The summed E-state index contributed by atoms with van der Waals surface area (Å²) in [6, 6.07) is 5.80. The molecule has 5 heteroatoms. The fourth-order valence-electron chi connectivity index (χ4n) is 1.38. The number of H-pyrrole nitrogens is 1. The smallest absolute Gasteiger partial charge is 0.261 e. The van der Waals surface area contributed by atoms with E-state index in [4.69, 9.17) is 5.73 Å². The SMILES string of the molecule is NC(=O)c1cc2cc(O)ccc2[nH]c1=O. The molecule has 15 heavy (non-hydrogen) atoms. The number of nitrogens with one attached hydrogen (secondary N) is 1. The highest BCUT2D eigenvalue weighted by Gasteiger charge is 2.07. The third-order valence-corrected chi connectivity index (χ3v) is 2.09. The number of fused-ring (bicyclic) bond motifs is 1. The van der Waals surface area contributed by atoms with E-state index in [0.717, 1.165) is 0 Å². The quantitative estimate of drug-likeness (QED) is 0.624. The summed E-state index contributed by atoms with van der Waals surface area (Å²) in [6.45, 7) is 0. The molecule has 1 aromatic carbocycles. The van der Waals surface area contributed by atoms with E-state index in [1.807, 2.05) is 0 Å². The summed E-state index contributed by atoms with van der Waals surface area (Å²) in [5.74, 6) is -0.730. The molecule has 5 nitrogen and oxygen atoms in total. The first-order valence-electron chi connectivity index (χ1n) is 4.24. The predicted molar refractivity (Wildman–Crippen MR) is 54.8 cm³/mol. The van der Waals surface area contributed by atoms with Gasteiger partial charge in [0, 0.05) is 10.9 Å². The van der Waals surface area contributed by atoms with Crippen LogP contribution in [0.15, 0.2) is 29.1 Å². The van der Waals surface area contributed by atoms with Gasteiger partial charge in [-0.05, 0) is 24.3 Å². The number of benzene rings is 1. The Labute approximate surface area is 84.2 Å². The molecular weight excluding hydrogens is 196 g/mol. The number of hydrogen-bond donors (Lipinski definition) is 3. The molecule has 0 fully saturated rings. The molecule has 0 radical (unpaired) electrons. The van der Waals surface area contributed by atoms with Crippen LogP contribution in [-0.2, 0) is 0 Å². The molecule has 0 aliphatic heterocycles. The van der Waals surface area contributed by atoms with Gasteiger partial charge in [-0.1, -0.05) is 0 Å². The third kappa shape index (κ3) is 1.54. The van der Waals surface area contributed by atoms with E-state index in [2.05, 4.69) is 4.98 Å². The number of hydrogen-bond acceptors (Lipinski definition) is 3. The van der Waals surface area contributed by atoms with Crippen molar-refractivity contribution in [1.29, 1.82) is 0 Å². The number of aromatic amines is 1. The molecule has 0 atom stereocenters. The number of carbonyl (C=O) groups excluding carboxylic acids is 1. The lowest BCUT2D eigenvalue weighted by Crippen LogP contribution is -2.23. The van der Waals surface area contributed by atoms with E-state index in [-0.39, 0.29) is 11.3 Å². The highest BCUT2D eigenvalue weighted by Crippen LogP contribution is 2.17. The summed E-state index contributed by atoms with van der Waals surface area (Å²) in [7, 11) is 0. The highest BCUT2D eigenvalue weighted by atomic mass is 16.3.